The molecule has 1 atom stereocenters. The monoisotopic (exact) mass is 330 g/mol. The van der Waals surface area contributed by atoms with Crippen molar-refractivity contribution >= 4 is 24.2 Å². The lowest BCUT2D eigenvalue weighted by atomic mass is 10.0. The van der Waals surface area contributed by atoms with Crippen molar-refractivity contribution in [3.8, 4) is 5.75 Å². The van der Waals surface area contributed by atoms with E-state index in [1.54, 1.807) is 0 Å². The van der Waals surface area contributed by atoms with Crippen LogP contribution in [0.5, 0.6) is 5.75 Å². The highest BCUT2D eigenvalue weighted by Crippen LogP contribution is 2.18. The Morgan fingerprint density at radius 3 is 2.64 bits per heavy atom. The molecular weight excluding hydrogens is 312 g/mol. The van der Waals surface area contributed by atoms with Crippen LogP contribution in [0.25, 0.3) is 0 Å². The van der Waals surface area contributed by atoms with Crippen molar-refractivity contribution in [1.82, 2.24) is 4.90 Å². The first-order valence-electron chi connectivity index (χ1n) is 6.85. The molecule has 22 heavy (non-hydrogen) atoms. The molecule has 1 aromatic carbocycles. The van der Waals surface area contributed by atoms with Gasteiger partial charge >= 0.3 is 6.16 Å². The Morgan fingerprint density at radius 1 is 1.36 bits per heavy atom. The molecule has 8 heteroatoms. The number of carbonyl (C=O) groups is 1. The minimum atomic E-state index is -0.789. The zero-order chi connectivity index (χ0) is 15.2. The largest absolute Gasteiger partial charge is 0.513 e. The number of hydrogen-bond donors (Lipinski definition) is 0. The van der Waals surface area contributed by atoms with Gasteiger partial charge in [-0.1, -0.05) is 6.42 Å². The smallest absolute Gasteiger partial charge is 0.432 e. The highest BCUT2D eigenvalue weighted by atomic mass is 35.5. The van der Waals surface area contributed by atoms with Crippen LogP contribution >= 0.6 is 12.4 Å². The number of benzene rings is 1. The van der Waals surface area contributed by atoms with Crippen LogP contribution < -0.4 is 4.74 Å². The third-order valence-electron chi connectivity index (χ3n) is 3.56. The molecule has 0 amide bonds. The summed E-state index contributed by atoms with van der Waals surface area (Å²) in [5.41, 5.74) is -0.0560. The molecule has 0 saturated carbocycles. The lowest BCUT2D eigenvalue weighted by Crippen LogP contribution is -2.40. The first-order valence-corrected chi connectivity index (χ1v) is 6.85. The highest BCUT2D eigenvalue weighted by molar-refractivity contribution is 5.85. The summed E-state index contributed by atoms with van der Waals surface area (Å²) in [6.07, 6.45) is 2.51. The number of ether oxygens (including phenoxy) is 2. The van der Waals surface area contributed by atoms with Crippen molar-refractivity contribution in [3.05, 3.63) is 34.4 Å². The maximum Gasteiger partial charge on any atom is 0.513 e. The van der Waals surface area contributed by atoms with E-state index < -0.39 is 11.1 Å². The van der Waals surface area contributed by atoms with Crippen molar-refractivity contribution < 1.29 is 19.2 Å². The Labute approximate surface area is 134 Å². The van der Waals surface area contributed by atoms with E-state index in [4.69, 9.17) is 9.47 Å². The standard InChI is InChI=1S/C14H18N2O5.ClH/c1-15-9-3-2-4-12(15)10-20-14(17)21-13-7-5-11(6-8-13)16(18)19;/h5-8,12H,2-4,9-10H2,1H3;1H. The van der Waals surface area contributed by atoms with Crippen molar-refractivity contribution in [1.29, 1.82) is 0 Å². The molecule has 1 heterocycles. The van der Waals surface area contributed by atoms with Crippen LogP contribution in [0.15, 0.2) is 24.3 Å². The molecule has 1 aliphatic rings. The van der Waals surface area contributed by atoms with Gasteiger partial charge < -0.3 is 14.4 Å². The quantitative estimate of drug-likeness (QED) is 0.365. The van der Waals surface area contributed by atoms with Gasteiger partial charge in [-0.2, -0.15) is 0 Å². The number of hydrogen-bond acceptors (Lipinski definition) is 6. The number of carbonyl (C=O) groups excluding carboxylic acids is 1. The Kier molecular flexibility index (Phi) is 7.07. The first kappa shape index (κ1) is 18.2. The number of nitro benzene ring substituents is 1. The van der Waals surface area contributed by atoms with Crippen molar-refractivity contribution in [2.45, 2.75) is 25.3 Å². The molecular formula is C14H19ClN2O5. The Hall–Kier alpha value is -1.86. The minimum absolute atomic E-state index is 0. The van der Waals surface area contributed by atoms with Crippen LogP contribution in [0.4, 0.5) is 10.5 Å². The van der Waals surface area contributed by atoms with Crippen molar-refractivity contribution in [3.63, 3.8) is 0 Å². The minimum Gasteiger partial charge on any atom is -0.432 e. The maximum absolute atomic E-state index is 11.6. The molecule has 0 aromatic heterocycles. The fraction of sp³-hybridized carbons (Fsp3) is 0.500. The molecule has 0 aliphatic carbocycles. The number of nitrogens with zero attached hydrogens (tertiary/aromatic N) is 2. The fourth-order valence-corrected chi connectivity index (χ4v) is 2.28. The van der Waals surface area contributed by atoms with Crippen LogP contribution in [0.3, 0.4) is 0 Å². The van der Waals surface area contributed by atoms with E-state index in [2.05, 4.69) is 4.90 Å². The molecule has 0 radical (unpaired) electrons. The number of likely N-dealkylation sites (N-methyl/N-ethyl adjacent to an activating group) is 1. The molecule has 0 spiro atoms. The van der Waals surface area contributed by atoms with Gasteiger partial charge in [-0.05, 0) is 38.6 Å². The first-order chi connectivity index (χ1) is 10.1. The second-order valence-corrected chi connectivity index (χ2v) is 5.04. The molecule has 1 unspecified atom stereocenters. The molecule has 1 saturated heterocycles. The molecule has 7 nitrogen and oxygen atoms in total. The summed E-state index contributed by atoms with van der Waals surface area (Å²) in [6.45, 7) is 1.30. The SMILES string of the molecule is CN1CCCCC1COC(=O)Oc1ccc([N+](=O)[O-])cc1.Cl. The zero-order valence-electron chi connectivity index (χ0n) is 12.3. The lowest BCUT2D eigenvalue weighted by Gasteiger charge is -2.31. The summed E-state index contributed by atoms with van der Waals surface area (Å²) in [7, 11) is 2.01. The van der Waals surface area contributed by atoms with Gasteiger partial charge in [0.05, 0.1) is 4.92 Å². The Balaban J connectivity index is 0.00000242. The van der Waals surface area contributed by atoms with Crippen molar-refractivity contribution in [2.24, 2.45) is 0 Å². The predicted octanol–water partition coefficient (Wildman–Crippen LogP) is 3.02. The molecule has 122 valence electrons. The second-order valence-electron chi connectivity index (χ2n) is 5.04. The summed E-state index contributed by atoms with van der Waals surface area (Å²) in [5, 5.41) is 10.5. The summed E-state index contributed by atoms with van der Waals surface area (Å²) in [5.74, 6) is 0.225. The summed E-state index contributed by atoms with van der Waals surface area (Å²) < 4.78 is 10.1. The number of piperidine rings is 1. The van der Waals surface area contributed by atoms with Gasteiger partial charge in [0.2, 0.25) is 0 Å². The van der Waals surface area contributed by atoms with Gasteiger partial charge in [0.15, 0.2) is 0 Å². The molecule has 0 bridgehead atoms. The van der Waals surface area contributed by atoms with Gasteiger partial charge in [-0.3, -0.25) is 10.1 Å². The predicted molar refractivity (Wildman–Crippen MR) is 82.6 cm³/mol. The van der Waals surface area contributed by atoms with Gasteiger partial charge in [-0.25, -0.2) is 4.79 Å². The summed E-state index contributed by atoms with van der Waals surface area (Å²) in [4.78, 5) is 23.8. The summed E-state index contributed by atoms with van der Waals surface area (Å²) in [6, 6.07) is 5.51. The molecule has 2 rings (SSSR count). The molecule has 0 N–H and O–H groups in total. The van der Waals surface area contributed by atoms with E-state index in [1.165, 1.54) is 30.7 Å². The van der Waals surface area contributed by atoms with E-state index in [9.17, 15) is 14.9 Å². The Morgan fingerprint density at radius 2 is 2.05 bits per heavy atom. The van der Waals surface area contributed by atoms with Crippen molar-refractivity contribution in [2.75, 3.05) is 20.2 Å². The third-order valence-corrected chi connectivity index (χ3v) is 3.56. The third kappa shape index (κ3) is 5.16. The van der Waals surface area contributed by atoms with Crippen LogP contribution in [0.1, 0.15) is 19.3 Å². The van der Waals surface area contributed by atoms with E-state index >= 15 is 0 Å². The van der Waals surface area contributed by atoms with Crippen LogP contribution in [-0.2, 0) is 4.74 Å². The number of rotatable bonds is 4. The maximum atomic E-state index is 11.6. The van der Waals surface area contributed by atoms with E-state index in [0.29, 0.717) is 6.61 Å². The number of halogens is 1. The van der Waals surface area contributed by atoms with Crippen LogP contribution in [-0.4, -0.2) is 42.2 Å². The fourth-order valence-electron chi connectivity index (χ4n) is 2.28. The number of likely N-dealkylation sites (tertiary alicyclic amines) is 1. The second kappa shape index (κ2) is 8.55. The van der Waals surface area contributed by atoms with E-state index in [0.717, 1.165) is 19.4 Å². The van der Waals surface area contributed by atoms with E-state index in [1.807, 2.05) is 7.05 Å². The number of nitro groups is 1. The Bertz CT molecular complexity index is 508. The van der Waals surface area contributed by atoms with Gasteiger partial charge in [0.1, 0.15) is 12.4 Å². The van der Waals surface area contributed by atoms with Gasteiger partial charge in [0, 0.05) is 18.2 Å². The lowest BCUT2D eigenvalue weighted by molar-refractivity contribution is -0.384. The van der Waals surface area contributed by atoms with Crippen LogP contribution in [0, 0.1) is 10.1 Å². The highest BCUT2D eigenvalue weighted by Gasteiger charge is 2.21. The average molecular weight is 331 g/mol. The topological polar surface area (TPSA) is 81.9 Å². The van der Waals surface area contributed by atoms with E-state index in [-0.39, 0.29) is 29.9 Å². The molecule has 1 fully saturated rings. The zero-order valence-corrected chi connectivity index (χ0v) is 13.1. The number of non-ortho nitro benzene ring substituents is 1. The normalized spacial score (nSPS) is 18.1. The van der Waals surface area contributed by atoms with Crippen LogP contribution in [0.2, 0.25) is 0 Å². The molecule has 1 aliphatic heterocycles. The average Bonchev–Trinajstić information content (AvgIpc) is 2.47. The summed E-state index contributed by atoms with van der Waals surface area (Å²) >= 11 is 0. The van der Waals surface area contributed by atoms with Gasteiger partial charge in [0.25, 0.3) is 5.69 Å². The van der Waals surface area contributed by atoms with Gasteiger partial charge in [-0.15, -0.1) is 12.4 Å². The molecule has 1 aromatic rings.